The minimum absolute atomic E-state index is 0.119. The van der Waals surface area contributed by atoms with E-state index in [-0.39, 0.29) is 18.4 Å². The van der Waals surface area contributed by atoms with Gasteiger partial charge in [-0.2, -0.15) is 0 Å². The zero-order chi connectivity index (χ0) is 15.0. The first-order valence-electron chi connectivity index (χ1n) is 7.54. The molecule has 2 saturated carbocycles. The molecular formula is C15H28N2O3. The molecule has 1 amide bonds. The molecule has 5 nitrogen and oxygen atoms in total. The number of nitrogens with one attached hydrogen (secondary N) is 2. The molecule has 0 bridgehead atoms. The van der Waals surface area contributed by atoms with Crippen LogP contribution in [0.25, 0.3) is 0 Å². The van der Waals surface area contributed by atoms with Gasteiger partial charge in [-0.05, 0) is 65.8 Å². The van der Waals surface area contributed by atoms with E-state index in [1.807, 2.05) is 34.7 Å². The lowest BCUT2D eigenvalue weighted by Gasteiger charge is -2.57. The van der Waals surface area contributed by atoms with Gasteiger partial charge in [0.2, 0.25) is 0 Å². The molecule has 1 unspecified atom stereocenters. The number of amides is 1. The molecule has 1 spiro atoms. The molecule has 2 rings (SSSR count). The van der Waals surface area contributed by atoms with Crippen molar-refractivity contribution >= 4 is 6.09 Å². The van der Waals surface area contributed by atoms with Crippen LogP contribution in [0.15, 0.2) is 0 Å². The first kappa shape index (κ1) is 15.6. The van der Waals surface area contributed by atoms with Crippen molar-refractivity contribution in [2.45, 2.75) is 77.4 Å². The number of alkyl carbamates (subject to hydrolysis) is 1. The van der Waals surface area contributed by atoms with Gasteiger partial charge in [0, 0.05) is 6.04 Å². The fourth-order valence-corrected chi connectivity index (χ4v) is 3.25. The summed E-state index contributed by atoms with van der Waals surface area (Å²) in [6.07, 6.45) is 4.54. The highest BCUT2D eigenvalue weighted by atomic mass is 16.6. The Labute approximate surface area is 121 Å². The quantitative estimate of drug-likeness (QED) is 0.778. The van der Waals surface area contributed by atoms with Crippen LogP contribution in [0.4, 0.5) is 4.79 Å². The molecule has 1 atom stereocenters. The van der Waals surface area contributed by atoms with Crippen molar-refractivity contribution in [2.75, 3.05) is 7.05 Å². The van der Waals surface area contributed by atoms with Crippen LogP contribution < -0.4 is 10.6 Å². The van der Waals surface area contributed by atoms with E-state index in [9.17, 15) is 4.79 Å². The first-order valence-corrected chi connectivity index (χ1v) is 7.54. The molecule has 0 aromatic rings. The van der Waals surface area contributed by atoms with Crippen LogP contribution in [-0.2, 0) is 9.47 Å². The molecule has 2 aliphatic carbocycles. The minimum atomic E-state index is -0.426. The van der Waals surface area contributed by atoms with Gasteiger partial charge in [-0.3, -0.25) is 5.32 Å². The molecule has 0 heterocycles. The number of hydrogen-bond donors (Lipinski definition) is 2. The summed E-state index contributed by atoms with van der Waals surface area (Å²) in [6, 6.07) is 0.271. The number of rotatable bonds is 4. The Morgan fingerprint density at radius 1 is 1.25 bits per heavy atom. The molecular weight excluding hydrogens is 256 g/mol. The van der Waals surface area contributed by atoms with Crippen molar-refractivity contribution in [2.24, 2.45) is 5.41 Å². The molecule has 0 aromatic heterocycles. The van der Waals surface area contributed by atoms with E-state index < -0.39 is 5.60 Å². The van der Waals surface area contributed by atoms with E-state index >= 15 is 0 Å². The fourth-order valence-electron chi connectivity index (χ4n) is 3.25. The third-order valence-electron chi connectivity index (χ3n) is 4.20. The lowest BCUT2D eigenvalue weighted by Crippen LogP contribution is -2.59. The van der Waals surface area contributed by atoms with E-state index in [0.29, 0.717) is 11.5 Å². The number of ether oxygens (including phenoxy) is 2. The van der Waals surface area contributed by atoms with Crippen molar-refractivity contribution < 1.29 is 14.3 Å². The van der Waals surface area contributed by atoms with Crippen LogP contribution in [0.2, 0.25) is 0 Å². The van der Waals surface area contributed by atoms with Crippen molar-refractivity contribution in [1.29, 1.82) is 0 Å². The van der Waals surface area contributed by atoms with Crippen molar-refractivity contribution in [3.05, 3.63) is 0 Å². The average molecular weight is 284 g/mol. The summed E-state index contributed by atoms with van der Waals surface area (Å²) >= 11 is 0. The standard InChI is InChI=1S/C15H28N2O3/c1-10(16-5)19-12-8-15(9-12)6-11(7-15)17-13(18)20-14(2,3)4/h10-12,16H,6-9H2,1-5H3,(H,17,18). The van der Waals surface area contributed by atoms with Crippen molar-refractivity contribution in [3.8, 4) is 0 Å². The van der Waals surface area contributed by atoms with Gasteiger partial charge < -0.3 is 14.8 Å². The molecule has 2 aliphatic rings. The summed E-state index contributed by atoms with van der Waals surface area (Å²) in [7, 11) is 1.91. The SMILES string of the molecule is CNC(C)OC1CC2(CC(NC(=O)OC(C)(C)C)C2)C1. The summed E-state index contributed by atoms with van der Waals surface area (Å²) in [4.78, 5) is 11.7. The van der Waals surface area contributed by atoms with Gasteiger partial charge in [-0.25, -0.2) is 4.79 Å². The van der Waals surface area contributed by atoms with Gasteiger partial charge in [0.1, 0.15) is 11.8 Å². The maximum absolute atomic E-state index is 11.7. The van der Waals surface area contributed by atoms with Crippen LogP contribution >= 0.6 is 0 Å². The maximum Gasteiger partial charge on any atom is 0.407 e. The van der Waals surface area contributed by atoms with Crippen molar-refractivity contribution in [3.63, 3.8) is 0 Å². The second-order valence-electron chi connectivity index (χ2n) is 7.35. The van der Waals surface area contributed by atoms with E-state index in [2.05, 4.69) is 10.6 Å². The topological polar surface area (TPSA) is 59.6 Å². The molecule has 0 aliphatic heterocycles. The van der Waals surface area contributed by atoms with Gasteiger partial charge in [-0.1, -0.05) is 0 Å². The Morgan fingerprint density at radius 3 is 2.35 bits per heavy atom. The van der Waals surface area contributed by atoms with Gasteiger partial charge in [0.15, 0.2) is 0 Å². The monoisotopic (exact) mass is 284 g/mol. The van der Waals surface area contributed by atoms with E-state index in [1.165, 1.54) is 0 Å². The van der Waals surface area contributed by atoms with Crippen LogP contribution in [0.1, 0.15) is 53.4 Å². The zero-order valence-electron chi connectivity index (χ0n) is 13.3. The molecule has 20 heavy (non-hydrogen) atoms. The molecule has 0 saturated heterocycles. The largest absolute Gasteiger partial charge is 0.444 e. The average Bonchev–Trinajstić information content (AvgIpc) is 2.20. The predicted octanol–water partition coefficient (Wildman–Crippen LogP) is 2.40. The summed E-state index contributed by atoms with van der Waals surface area (Å²) in [5, 5.41) is 6.04. The smallest absolute Gasteiger partial charge is 0.407 e. The molecule has 116 valence electrons. The van der Waals surface area contributed by atoms with Gasteiger partial charge in [0.25, 0.3) is 0 Å². The minimum Gasteiger partial charge on any atom is -0.444 e. The van der Waals surface area contributed by atoms with Gasteiger partial charge in [0.05, 0.1) is 6.10 Å². The lowest BCUT2D eigenvalue weighted by atomic mass is 9.53. The summed E-state index contributed by atoms with van der Waals surface area (Å²) in [5.41, 5.74) is -0.0119. The Hall–Kier alpha value is -0.810. The van der Waals surface area contributed by atoms with E-state index in [0.717, 1.165) is 25.7 Å². The number of hydrogen-bond acceptors (Lipinski definition) is 4. The lowest BCUT2D eigenvalue weighted by molar-refractivity contribution is -0.151. The second kappa shape index (κ2) is 5.53. The highest BCUT2D eigenvalue weighted by Gasteiger charge is 2.54. The second-order valence-corrected chi connectivity index (χ2v) is 7.35. The van der Waals surface area contributed by atoms with Gasteiger partial charge >= 0.3 is 6.09 Å². The Balaban J connectivity index is 1.63. The van der Waals surface area contributed by atoms with Crippen LogP contribution in [0.3, 0.4) is 0 Å². The van der Waals surface area contributed by atoms with Crippen LogP contribution in [0, 0.1) is 5.41 Å². The normalized spacial score (nSPS) is 34.0. The van der Waals surface area contributed by atoms with E-state index in [4.69, 9.17) is 9.47 Å². The summed E-state index contributed by atoms with van der Waals surface area (Å²) in [6.45, 7) is 7.67. The Morgan fingerprint density at radius 2 is 1.85 bits per heavy atom. The molecule has 0 radical (unpaired) electrons. The molecule has 2 N–H and O–H groups in total. The molecule has 0 aromatic carbocycles. The predicted molar refractivity (Wildman–Crippen MR) is 77.5 cm³/mol. The summed E-state index contributed by atoms with van der Waals surface area (Å²) < 4.78 is 11.1. The van der Waals surface area contributed by atoms with Gasteiger partial charge in [-0.15, -0.1) is 0 Å². The van der Waals surface area contributed by atoms with Crippen molar-refractivity contribution in [1.82, 2.24) is 10.6 Å². The Bertz CT molecular complexity index is 351. The van der Waals surface area contributed by atoms with Crippen LogP contribution in [0.5, 0.6) is 0 Å². The number of carbonyl (C=O) groups is 1. The first-order chi connectivity index (χ1) is 9.21. The summed E-state index contributed by atoms with van der Waals surface area (Å²) in [5.74, 6) is 0. The zero-order valence-corrected chi connectivity index (χ0v) is 13.3. The highest BCUT2D eigenvalue weighted by molar-refractivity contribution is 5.68. The van der Waals surface area contributed by atoms with E-state index in [1.54, 1.807) is 0 Å². The fraction of sp³-hybridized carbons (Fsp3) is 0.933. The third-order valence-corrected chi connectivity index (χ3v) is 4.20. The maximum atomic E-state index is 11.7. The Kier molecular flexibility index (Phi) is 4.30. The molecule has 5 heteroatoms. The van der Waals surface area contributed by atoms with Crippen LogP contribution in [-0.4, -0.2) is 37.1 Å². The third kappa shape index (κ3) is 3.85. The molecule has 2 fully saturated rings. The highest BCUT2D eigenvalue weighted by Crippen LogP contribution is 2.56. The number of carbonyl (C=O) groups excluding carboxylic acids is 1.